The predicted octanol–water partition coefficient (Wildman–Crippen LogP) is 1.48. The Kier molecular flexibility index (Phi) is 7.79. The van der Waals surface area contributed by atoms with Crippen molar-refractivity contribution in [3.05, 3.63) is 35.9 Å². The van der Waals surface area contributed by atoms with Crippen LogP contribution in [0.5, 0.6) is 0 Å². The van der Waals surface area contributed by atoms with Crippen LogP contribution in [0.15, 0.2) is 35.3 Å². The van der Waals surface area contributed by atoms with Gasteiger partial charge < -0.3 is 20.9 Å². The van der Waals surface area contributed by atoms with E-state index >= 15 is 0 Å². The fourth-order valence-electron chi connectivity index (χ4n) is 2.25. The SMILES string of the molecule is COCC(C)NC(N)=NCC(CC(C)O)c1ccccc1. The van der Waals surface area contributed by atoms with E-state index in [-0.39, 0.29) is 18.1 Å². The van der Waals surface area contributed by atoms with Gasteiger partial charge in [-0.05, 0) is 25.8 Å². The van der Waals surface area contributed by atoms with Crippen molar-refractivity contribution in [2.45, 2.75) is 38.3 Å². The minimum atomic E-state index is -0.369. The highest BCUT2D eigenvalue weighted by Crippen LogP contribution is 2.21. The molecular formula is C16H27N3O2. The molecule has 0 aliphatic rings. The third-order valence-corrected chi connectivity index (χ3v) is 3.19. The van der Waals surface area contributed by atoms with Crippen molar-refractivity contribution >= 4 is 5.96 Å². The maximum Gasteiger partial charge on any atom is 0.188 e. The molecule has 0 saturated carbocycles. The van der Waals surface area contributed by atoms with Gasteiger partial charge in [0.15, 0.2) is 5.96 Å². The van der Waals surface area contributed by atoms with Gasteiger partial charge in [0.25, 0.3) is 0 Å². The van der Waals surface area contributed by atoms with E-state index < -0.39 is 0 Å². The number of nitrogens with zero attached hydrogens (tertiary/aromatic N) is 1. The molecule has 0 spiro atoms. The molecule has 0 heterocycles. The highest BCUT2D eigenvalue weighted by Gasteiger charge is 2.14. The zero-order valence-electron chi connectivity index (χ0n) is 13.1. The maximum absolute atomic E-state index is 9.65. The van der Waals surface area contributed by atoms with Crippen LogP contribution in [-0.2, 0) is 4.74 Å². The van der Waals surface area contributed by atoms with Crippen molar-refractivity contribution < 1.29 is 9.84 Å². The maximum atomic E-state index is 9.65. The van der Waals surface area contributed by atoms with Crippen molar-refractivity contribution in [3.8, 4) is 0 Å². The van der Waals surface area contributed by atoms with Crippen LogP contribution in [0, 0.1) is 0 Å². The van der Waals surface area contributed by atoms with E-state index in [0.717, 1.165) is 0 Å². The first kappa shape index (κ1) is 17.5. The van der Waals surface area contributed by atoms with Crippen molar-refractivity contribution in [2.75, 3.05) is 20.3 Å². The topological polar surface area (TPSA) is 79.9 Å². The molecule has 118 valence electrons. The molecule has 1 rings (SSSR count). The number of nitrogens with two attached hydrogens (primary N) is 1. The van der Waals surface area contributed by atoms with E-state index in [9.17, 15) is 5.11 Å². The molecule has 4 N–H and O–H groups in total. The molecule has 0 aliphatic heterocycles. The van der Waals surface area contributed by atoms with Crippen molar-refractivity contribution in [3.63, 3.8) is 0 Å². The molecule has 0 amide bonds. The molecule has 21 heavy (non-hydrogen) atoms. The molecule has 1 aromatic carbocycles. The summed E-state index contributed by atoms with van der Waals surface area (Å²) in [6.45, 7) is 4.90. The number of ether oxygens (including phenoxy) is 1. The summed E-state index contributed by atoms with van der Waals surface area (Å²) in [4.78, 5) is 4.39. The summed E-state index contributed by atoms with van der Waals surface area (Å²) in [6.07, 6.45) is 0.293. The molecule has 0 fully saturated rings. The normalized spacial score (nSPS) is 16.3. The number of hydrogen-bond acceptors (Lipinski definition) is 3. The molecular weight excluding hydrogens is 266 g/mol. The van der Waals surface area contributed by atoms with Crippen LogP contribution >= 0.6 is 0 Å². The van der Waals surface area contributed by atoms with Crippen LogP contribution in [0.3, 0.4) is 0 Å². The Morgan fingerprint density at radius 1 is 1.33 bits per heavy atom. The second-order valence-corrected chi connectivity index (χ2v) is 5.42. The Hall–Kier alpha value is -1.59. The van der Waals surface area contributed by atoms with Crippen LogP contribution in [-0.4, -0.2) is 43.5 Å². The van der Waals surface area contributed by atoms with Crippen LogP contribution in [0.4, 0.5) is 0 Å². The van der Waals surface area contributed by atoms with Crippen LogP contribution in [0.1, 0.15) is 31.7 Å². The van der Waals surface area contributed by atoms with Gasteiger partial charge in [-0.2, -0.15) is 0 Å². The summed E-state index contributed by atoms with van der Waals surface area (Å²) in [7, 11) is 1.65. The van der Waals surface area contributed by atoms with Crippen molar-refractivity contribution in [2.24, 2.45) is 10.7 Å². The number of guanidine groups is 1. The quantitative estimate of drug-likeness (QED) is 0.501. The largest absolute Gasteiger partial charge is 0.393 e. The third-order valence-electron chi connectivity index (χ3n) is 3.19. The fourth-order valence-corrected chi connectivity index (χ4v) is 2.25. The number of benzene rings is 1. The average molecular weight is 293 g/mol. The third kappa shape index (κ3) is 7.11. The first-order chi connectivity index (χ1) is 10.0. The Morgan fingerprint density at radius 3 is 2.57 bits per heavy atom. The van der Waals surface area contributed by atoms with Gasteiger partial charge in [0.05, 0.1) is 12.7 Å². The summed E-state index contributed by atoms with van der Waals surface area (Å²) in [6, 6.07) is 10.2. The monoisotopic (exact) mass is 293 g/mol. The zero-order chi connectivity index (χ0) is 15.7. The van der Waals surface area contributed by atoms with E-state index in [1.54, 1.807) is 14.0 Å². The van der Waals surface area contributed by atoms with Crippen LogP contribution in [0.2, 0.25) is 0 Å². The molecule has 0 aliphatic carbocycles. The van der Waals surface area contributed by atoms with E-state index in [2.05, 4.69) is 22.4 Å². The molecule has 1 aromatic rings. The number of aliphatic hydroxyl groups excluding tert-OH is 1. The summed E-state index contributed by atoms with van der Waals surface area (Å²) >= 11 is 0. The molecule has 0 radical (unpaired) electrons. The molecule has 0 aromatic heterocycles. The van der Waals surface area contributed by atoms with Gasteiger partial charge >= 0.3 is 0 Å². The number of aliphatic hydroxyl groups is 1. The van der Waals surface area contributed by atoms with Gasteiger partial charge in [0, 0.05) is 25.6 Å². The average Bonchev–Trinajstić information content (AvgIpc) is 2.44. The summed E-state index contributed by atoms with van der Waals surface area (Å²) in [5, 5.41) is 12.7. The van der Waals surface area contributed by atoms with Crippen molar-refractivity contribution in [1.82, 2.24) is 5.32 Å². The summed E-state index contributed by atoms with van der Waals surface area (Å²) in [5.41, 5.74) is 7.05. The minimum Gasteiger partial charge on any atom is -0.393 e. The van der Waals surface area contributed by atoms with Gasteiger partial charge in [-0.25, -0.2) is 0 Å². The van der Waals surface area contributed by atoms with E-state index in [1.807, 2.05) is 25.1 Å². The van der Waals surface area contributed by atoms with Crippen LogP contribution < -0.4 is 11.1 Å². The lowest BCUT2D eigenvalue weighted by Crippen LogP contribution is -2.41. The van der Waals surface area contributed by atoms with E-state index in [4.69, 9.17) is 10.5 Å². The number of hydrogen-bond donors (Lipinski definition) is 3. The predicted molar refractivity (Wildman–Crippen MR) is 86.4 cm³/mol. The fraction of sp³-hybridized carbons (Fsp3) is 0.562. The number of aliphatic imine (C=N–C) groups is 1. The second kappa shape index (κ2) is 9.37. The molecule has 5 nitrogen and oxygen atoms in total. The van der Waals surface area contributed by atoms with Gasteiger partial charge in [0.2, 0.25) is 0 Å². The summed E-state index contributed by atoms with van der Waals surface area (Å²) < 4.78 is 5.05. The molecule has 0 bridgehead atoms. The number of methoxy groups -OCH3 is 1. The van der Waals surface area contributed by atoms with E-state index in [1.165, 1.54) is 5.56 Å². The molecule has 3 unspecified atom stereocenters. The highest BCUT2D eigenvalue weighted by molar-refractivity contribution is 5.78. The first-order valence-corrected chi connectivity index (χ1v) is 7.31. The van der Waals surface area contributed by atoms with Gasteiger partial charge in [-0.1, -0.05) is 30.3 Å². The molecule has 5 heteroatoms. The van der Waals surface area contributed by atoms with Gasteiger partial charge in [-0.15, -0.1) is 0 Å². The Labute approximate surface area is 127 Å². The lowest BCUT2D eigenvalue weighted by Gasteiger charge is -2.18. The summed E-state index contributed by atoms with van der Waals surface area (Å²) in [5.74, 6) is 0.565. The van der Waals surface area contributed by atoms with E-state index in [0.29, 0.717) is 25.5 Å². The number of rotatable bonds is 8. The molecule has 3 atom stereocenters. The second-order valence-electron chi connectivity index (χ2n) is 5.42. The zero-order valence-corrected chi connectivity index (χ0v) is 13.1. The molecule has 0 saturated heterocycles. The first-order valence-electron chi connectivity index (χ1n) is 7.31. The van der Waals surface area contributed by atoms with Gasteiger partial charge in [0.1, 0.15) is 0 Å². The number of nitrogens with one attached hydrogen (secondary N) is 1. The van der Waals surface area contributed by atoms with Gasteiger partial charge in [-0.3, -0.25) is 4.99 Å². The Morgan fingerprint density at radius 2 is 2.00 bits per heavy atom. The minimum absolute atomic E-state index is 0.116. The lowest BCUT2D eigenvalue weighted by molar-refractivity contribution is 0.175. The van der Waals surface area contributed by atoms with Crippen molar-refractivity contribution in [1.29, 1.82) is 0 Å². The van der Waals surface area contributed by atoms with Crippen LogP contribution in [0.25, 0.3) is 0 Å². The Balaban J connectivity index is 2.65. The standard InChI is InChI=1S/C16H27N3O2/c1-12(11-21-3)19-16(17)18-10-15(9-13(2)20)14-7-5-4-6-8-14/h4-8,12-13,15,20H,9-11H2,1-3H3,(H3,17,18,19). The Bertz CT molecular complexity index is 421. The highest BCUT2D eigenvalue weighted by atomic mass is 16.5. The smallest absolute Gasteiger partial charge is 0.188 e. The lowest BCUT2D eigenvalue weighted by atomic mass is 9.93.